The van der Waals surface area contributed by atoms with Gasteiger partial charge in [-0.25, -0.2) is 12.7 Å². The van der Waals surface area contributed by atoms with Gasteiger partial charge in [-0.1, -0.05) is 60.2 Å². The van der Waals surface area contributed by atoms with Gasteiger partial charge in [-0.3, -0.25) is 9.69 Å². The number of piperidine rings is 1. The number of hydrogen-bond acceptors (Lipinski definition) is 5. The van der Waals surface area contributed by atoms with Gasteiger partial charge in [-0.05, 0) is 67.6 Å². The predicted molar refractivity (Wildman–Crippen MR) is 164 cm³/mol. The van der Waals surface area contributed by atoms with Crippen molar-refractivity contribution < 1.29 is 13.2 Å². The van der Waals surface area contributed by atoms with E-state index < -0.39 is 27.0 Å². The summed E-state index contributed by atoms with van der Waals surface area (Å²) in [5.74, 6) is 0.0702. The second-order valence-electron chi connectivity index (χ2n) is 12.8. The molecule has 2 fully saturated rings. The second kappa shape index (κ2) is 8.48. The smallest absolute Gasteiger partial charge is 0.266 e. The first-order valence-corrected chi connectivity index (χ1v) is 16.3. The Morgan fingerprint density at radius 2 is 1.52 bits per heavy atom. The molecule has 6 aliphatic rings. The topological polar surface area (TPSA) is 64.2 Å². The molecule has 1 amide bonds. The van der Waals surface area contributed by atoms with E-state index in [-0.39, 0.29) is 18.1 Å². The number of carbonyl (C=O) groups is 1. The van der Waals surface area contributed by atoms with E-state index >= 15 is 0 Å². The molecule has 42 heavy (non-hydrogen) atoms. The highest BCUT2D eigenvalue weighted by Crippen LogP contribution is 2.72. The van der Waals surface area contributed by atoms with Crippen LogP contribution in [0.4, 0.5) is 11.4 Å². The Labute approximate surface area is 248 Å². The molecule has 6 aliphatic heterocycles. The summed E-state index contributed by atoms with van der Waals surface area (Å²) in [4.78, 5) is 20.6. The lowest BCUT2D eigenvalue weighted by atomic mass is 9.50. The summed E-state index contributed by atoms with van der Waals surface area (Å²) < 4.78 is 31.4. The second-order valence-corrected chi connectivity index (χ2v) is 14.6. The number of sulfonamides is 1. The number of anilines is 2. The van der Waals surface area contributed by atoms with Crippen molar-refractivity contribution >= 4 is 27.3 Å². The molecule has 6 atom stereocenters. The molecule has 2 bridgehead atoms. The van der Waals surface area contributed by atoms with Crippen LogP contribution in [0.3, 0.4) is 0 Å². The van der Waals surface area contributed by atoms with E-state index in [4.69, 9.17) is 0 Å². The number of amides is 1. The first kappa shape index (κ1) is 26.0. The fourth-order valence-electron chi connectivity index (χ4n) is 9.58. The SMILES string of the molecule is CC(=O)N1CC[C@@]23c4ccccc4N(S(=O)(=O)c4ccccc4)[C@H]4N(C)c5cccc6c5[C@@]42CCN([C@@H]6C=C(C)C)[C@@H]13. The number of likely N-dealkylation sites (N-methyl/N-ethyl adjacent to an activating group) is 1. The molecule has 1 unspecified atom stereocenters. The van der Waals surface area contributed by atoms with Crippen LogP contribution < -0.4 is 9.21 Å². The van der Waals surface area contributed by atoms with E-state index in [2.05, 4.69) is 65.9 Å². The lowest BCUT2D eigenvalue weighted by Crippen LogP contribution is -2.75. The third-order valence-corrected chi connectivity index (χ3v) is 12.6. The van der Waals surface area contributed by atoms with E-state index in [0.29, 0.717) is 11.4 Å². The average Bonchev–Trinajstić information content (AvgIpc) is 3.44. The van der Waals surface area contributed by atoms with Gasteiger partial charge in [0.2, 0.25) is 5.91 Å². The first-order valence-electron chi connectivity index (χ1n) is 14.9. The summed E-state index contributed by atoms with van der Waals surface area (Å²) in [5, 5.41) is 0. The minimum atomic E-state index is -3.94. The lowest BCUT2D eigenvalue weighted by molar-refractivity contribution is -0.139. The van der Waals surface area contributed by atoms with Gasteiger partial charge in [0, 0.05) is 38.2 Å². The molecule has 0 radical (unpaired) electrons. The van der Waals surface area contributed by atoms with Crippen molar-refractivity contribution in [2.75, 3.05) is 29.3 Å². The fraction of sp³-hybridized carbons (Fsp3) is 0.382. The zero-order valence-electron chi connectivity index (χ0n) is 24.5. The van der Waals surface area contributed by atoms with Crippen molar-refractivity contribution in [1.82, 2.24) is 9.80 Å². The number of likely N-dealkylation sites (tertiary alicyclic amines) is 1. The van der Waals surface area contributed by atoms with Gasteiger partial charge in [0.25, 0.3) is 10.0 Å². The Balaban J connectivity index is 1.54. The molecular weight excluding hydrogens is 544 g/mol. The molecule has 0 N–H and O–H groups in total. The molecule has 6 heterocycles. The number of rotatable bonds is 3. The third kappa shape index (κ3) is 2.85. The molecule has 8 heteroatoms. The Kier molecular flexibility index (Phi) is 5.26. The normalized spacial score (nSPS) is 31.8. The molecule has 2 saturated heterocycles. The highest BCUT2D eigenvalue weighted by molar-refractivity contribution is 7.92. The van der Waals surface area contributed by atoms with E-state index in [1.807, 2.05) is 24.3 Å². The number of nitrogens with zero attached hydrogens (tertiary/aromatic N) is 4. The number of allylic oxidation sites excluding steroid dienone is 1. The summed E-state index contributed by atoms with van der Waals surface area (Å²) in [5.41, 5.74) is 5.53. The molecule has 7 nitrogen and oxygen atoms in total. The molecule has 9 rings (SSSR count). The third-order valence-electron chi connectivity index (χ3n) is 10.8. The van der Waals surface area contributed by atoms with Gasteiger partial charge < -0.3 is 9.80 Å². The maximum atomic E-state index is 14.8. The van der Waals surface area contributed by atoms with E-state index in [0.717, 1.165) is 36.3 Å². The Hall–Kier alpha value is -3.62. The number of fused-ring (bicyclic) bond motifs is 2. The zero-order chi connectivity index (χ0) is 29.2. The van der Waals surface area contributed by atoms with Gasteiger partial charge >= 0.3 is 0 Å². The quantitative estimate of drug-likeness (QED) is 0.401. The van der Waals surface area contributed by atoms with Crippen LogP contribution in [-0.2, 0) is 25.6 Å². The van der Waals surface area contributed by atoms with Crippen molar-refractivity contribution in [1.29, 1.82) is 0 Å². The van der Waals surface area contributed by atoms with Crippen LogP contribution in [0.5, 0.6) is 0 Å². The molecule has 2 spiro atoms. The van der Waals surface area contributed by atoms with Gasteiger partial charge in [0.1, 0.15) is 6.17 Å². The van der Waals surface area contributed by atoms with Crippen molar-refractivity contribution in [3.63, 3.8) is 0 Å². The largest absolute Gasteiger partial charge is 0.352 e. The number of hydrogen-bond donors (Lipinski definition) is 0. The minimum absolute atomic E-state index is 0.0183. The summed E-state index contributed by atoms with van der Waals surface area (Å²) in [6.45, 7) is 7.37. The Morgan fingerprint density at radius 1 is 0.833 bits per heavy atom. The standard InChI is InChI=1S/C34H36N4O3S/c1-22(2)21-29-25-13-10-16-28-30(25)34-18-20-37(29)32-33(34,17-19-36(32)23(3)39)26-14-8-9-15-27(26)38(31(34)35(28)4)42(40,41)24-11-6-5-7-12-24/h5-16,21,29,31-32H,17-20H2,1-4H3/t29-,31-,32-,33+,34+/m1/s1. The van der Waals surface area contributed by atoms with Crippen LogP contribution in [-0.4, -0.2) is 56.6 Å². The highest BCUT2D eigenvalue weighted by atomic mass is 32.2. The van der Waals surface area contributed by atoms with Crippen LogP contribution in [0.15, 0.2) is 89.3 Å². The van der Waals surface area contributed by atoms with Crippen molar-refractivity contribution in [2.45, 2.75) is 67.7 Å². The maximum absolute atomic E-state index is 14.8. The first-order chi connectivity index (χ1) is 20.2. The molecule has 216 valence electrons. The van der Waals surface area contributed by atoms with Crippen LogP contribution in [0.25, 0.3) is 0 Å². The maximum Gasteiger partial charge on any atom is 0.266 e. The average molecular weight is 581 g/mol. The van der Waals surface area contributed by atoms with Gasteiger partial charge in [-0.15, -0.1) is 0 Å². The van der Waals surface area contributed by atoms with Crippen LogP contribution in [0, 0.1) is 0 Å². The number of benzene rings is 3. The lowest BCUT2D eigenvalue weighted by Gasteiger charge is -2.63. The van der Waals surface area contributed by atoms with Crippen LogP contribution in [0.2, 0.25) is 0 Å². The molecule has 3 aromatic rings. The highest BCUT2D eigenvalue weighted by Gasteiger charge is 2.77. The van der Waals surface area contributed by atoms with Crippen molar-refractivity contribution in [2.24, 2.45) is 0 Å². The molecule has 0 aromatic heterocycles. The van der Waals surface area contributed by atoms with Gasteiger partial charge in [-0.2, -0.15) is 0 Å². The Morgan fingerprint density at radius 3 is 2.26 bits per heavy atom. The minimum Gasteiger partial charge on any atom is -0.352 e. The molecule has 0 aliphatic carbocycles. The van der Waals surface area contributed by atoms with Gasteiger partial charge in [0.05, 0.1) is 28.2 Å². The molecule has 3 aromatic carbocycles. The zero-order valence-corrected chi connectivity index (χ0v) is 25.3. The molecular formula is C34H36N4O3S. The van der Waals surface area contributed by atoms with E-state index in [9.17, 15) is 13.2 Å². The predicted octanol–water partition coefficient (Wildman–Crippen LogP) is 5.15. The number of carbonyl (C=O) groups excluding carboxylic acids is 1. The van der Waals surface area contributed by atoms with Crippen molar-refractivity contribution in [3.8, 4) is 0 Å². The van der Waals surface area contributed by atoms with E-state index in [1.54, 1.807) is 35.5 Å². The molecule has 0 saturated carbocycles. The summed E-state index contributed by atoms with van der Waals surface area (Å²) in [6.07, 6.45) is 3.26. The summed E-state index contributed by atoms with van der Waals surface area (Å²) in [7, 11) is -1.88. The summed E-state index contributed by atoms with van der Waals surface area (Å²) >= 11 is 0. The summed E-state index contributed by atoms with van der Waals surface area (Å²) in [6, 6.07) is 23.4. The monoisotopic (exact) mass is 580 g/mol. The van der Waals surface area contributed by atoms with E-state index in [1.165, 1.54) is 16.7 Å². The van der Waals surface area contributed by atoms with Crippen LogP contribution >= 0.6 is 0 Å². The fourth-order valence-corrected chi connectivity index (χ4v) is 11.3. The number of para-hydroxylation sites is 1. The Bertz CT molecular complexity index is 1790. The van der Waals surface area contributed by atoms with Crippen LogP contribution in [0.1, 0.15) is 56.3 Å². The van der Waals surface area contributed by atoms with Crippen molar-refractivity contribution in [3.05, 3.63) is 101 Å². The van der Waals surface area contributed by atoms with Gasteiger partial charge in [0.15, 0.2) is 0 Å².